The van der Waals surface area contributed by atoms with Gasteiger partial charge in [-0.3, -0.25) is 4.79 Å². The third-order valence-corrected chi connectivity index (χ3v) is 4.15. The number of carbonyl (C=O) groups excluding carboxylic acids is 2. The highest BCUT2D eigenvalue weighted by atomic mass is 16.6. The molecule has 0 N–H and O–H groups in total. The molecule has 122 valence electrons. The molecule has 0 unspecified atom stereocenters. The Morgan fingerprint density at radius 3 is 2.29 bits per heavy atom. The first-order valence-corrected chi connectivity index (χ1v) is 7.79. The van der Waals surface area contributed by atoms with Crippen LogP contribution in [0.2, 0.25) is 0 Å². The molecule has 0 aliphatic carbocycles. The predicted octanol–water partition coefficient (Wildman–Crippen LogP) is 3.24. The molecule has 0 fully saturated rings. The lowest BCUT2D eigenvalue weighted by atomic mass is 9.80. The third-order valence-electron chi connectivity index (χ3n) is 4.15. The molecule has 0 radical (unpaired) electrons. The first-order chi connectivity index (χ1) is 11.7. The molecule has 24 heavy (non-hydrogen) atoms. The molecule has 4 nitrogen and oxygen atoms in total. The average Bonchev–Trinajstić information content (AvgIpc) is 2.64. The van der Waals surface area contributed by atoms with Crippen molar-refractivity contribution < 1.29 is 19.1 Å². The van der Waals surface area contributed by atoms with Gasteiger partial charge in [-0.15, -0.1) is 0 Å². The number of methoxy groups -OCH3 is 1. The van der Waals surface area contributed by atoms with Crippen molar-refractivity contribution in [3.05, 3.63) is 83.6 Å². The van der Waals surface area contributed by atoms with Crippen LogP contribution in [0.4, 0.5) is 0 Å². The second kappa shape index (κ2) is 7.13. The van der Waals surface area contributed by atoms with Crippen LogP contribution in [0.3, 0.4) is 0 Å². The molecule has 0 saturated carbocycles. The fourth-order valence-electron chi connectivity index (χ4n) is 2.94. The lowest BCUT2D eigenvalue weighted by Crippen LogP contribution is -2.32. The molecule has 0 spiro atoms. The van der Waals surface area contributed by atoms with E-state index in [9.17, 15) is 9.59 Å². The standard InChI is InChI=1S/C20H18O4/c1-23-20(22)18-13-16(15-10-6-3-7-11-15)17(19(21)24-18)12-14-8-4-2-5-9-14/h2-11,13,16-17H,12H2,1H3/t16-,17-/m1/s1. The smallest absolute Gasteiger partial charge is 0.373 e. The minimum Gasteiger partial charge on any atom is -0.463 e. The Hall–Kier alpha value is -2.88. The molecule has 0 aromatic heterocycles. The van der Waals surface area contributed by atoms with Crippen molar-refractivity contribution in [2.75, 3.05) is 7.11 Å². The van der Waals surface area contributed by atoms with Gasteiger partial charge in [-0.25, -0.2) is 4.79 Å². The normalized spacial score (nSPS) is 20.0. The highest BCUT2D eigenvalue weighted by Crippen LogP contribution is 2.35. The molecule has 1 aliphatic rings. The Bertz CT molecular complexity index is 750. The van der Waals surface area contributed by atoms with Gasteiger partial charge in [-0.05, 0) is 23.6 Å². The van der Waals surface area contributed by atoms with E-state index in [4.69, 9.17) is 9.47 Å². The molecule has 2 aromatic rings. The maximum Gasteiger partial charge on any atom is 0.373 e. The van der Waals surface area contributed by atoms with E-state index in [-0.39, 0.29) is 17.6 Å². The largest absolute Gasteiger partial charge is 0.463 e. The Labute approximate surface area is 140 Å². The summed E-state index contributed by atoms with van der Waals surface area (Å²) in [6.07, 6.45) is 2.24. The molecule has 0 bridgehead atoms. The van der Waals surface area contributed by atoms with Crippen molar-refractivity contribution >= 4 is 11.9 Å². The number of hydrogen-bond acceptors (Lipinski definition) is 4. The maximum atomic E-state index is 12.5. The minimum atomic E-state index is -0.637. The summed E-state index contributed by atoms with van der Waals surface area (Å²) in [5.41, 5.74) is 2.02. The van der Waals surface area contributed by atoms with Gasteiger partial charge in [-0.2, -0.15) is 0 Å². The number of rotatable bonds is 4. The second-order valence-corrected chi connectivity index (χ2v) is 5.68. The van der Waals surface area contributed by atoms with Crippen molar-refractivity contribution in [2.45, 2.75) is 12.3 Å². The molecule has 2 atom stereocenters. The van der Waals surface area contributed by atoms with E-state index in [2.05, 4.69) is 0 Å². The van der Waals surface area contributed by atoms with Gasteiger partial charge < -0.3 is 9.47 Å². The molecule has 1 heterocycles. The summed E-state index contributed by atoms with van der Waals surface area (Å²) in [5.74, 6) is -1.70. The molecule has 0 amide bonds. The van der Waals surface area contributed by atoms with Crippen LogP contribution >= 0.6 is 0 Å². The van der Waals surface area contributed by atoms with Crippen molar-refractivity contribution in [2.24, 2.45) is 5.92 Å². The number of cyclic esters (lactones) is 1. The van der Waals surface area contributed by atoms with Crippen molar-refractivity contribution in [1.29, 1.82) is 0 Å². The first kappa shape index (κ1) is 16.0. The van der Waals surface area contributed by atoms with Crippen LogP contribution in [-0.2, 0) is 25.5 Å². The van der Waals surface area contributed by atoms with Crippen molar-refractivity contribution in [3.8, 4) is 0 Å². The van der Waals surface area contributed by atoms with Crippen molar-refractivity contribution in [3.63, 3.8) is 0 Å². The highest BCUT2D eigenvalue weighted by molar-refractivity contribution is 5.92. The number of carbonyl (C=O) groups is 2. The maximum absolute atomic E-state index is 12.5. The van der Waals surface area contributed by atoms with Crippen LogP contribution in [-0.4, -0.2) is 19.0 Å². The number of hydrogen-bond donors (Lipinski definition) is 0. The van der Waals surface area contributed by atoms with Gasteiger partial charge in [0, 0.05) is 5.92 Å². The van der Waals surface area contributed by atoms with Gasteiger partial charge >= 0.3 is 11.9 Å². The summed E-state index contributed by atoms with van der Waals surface area (Å²) >= 11 is 0. The summed E-state index contributed by atoms with van der Waals surface area (Å²) < 4.78 is 9.91. The highest BCUT2D eigenvalue weighted by Gasteiger charge is 2.37. The van der Waals surface area contributed by atoms with E-state index < -0.39 is 11.9 Å². The fourth-order valence-corrected chi connectivity index (χ4v) is 2.94. The number of esters is 2. The summed E-state index contributed by atoms with van der Waals surface area (Å²) in [5, 5.41) is 0. The van der Waals surface area contributed by atoms with Gasteiger partial charge in [0.1, 0.15) is 0 Å². The summed E-state index contributed by atoms with van der Waals surface area (Å²) in [6, 6.07) is 19.4. The molecule has 3 rings (SSSR count). The van der Waals surface area contributed by atoms with Gasteiger partial charge in [0.25, 0.3) is 0 Å². The topological polar surface area (TPSA) is 52.6 Å². The molecule has 4 heteroatoms. The lowest BCUT2D eigenvalue weighted by Gasteiger charge is -2.28. The van der Waals surface area contributed by atoms with Gasteiger partial charge in [-0.1, -0.05) is 60.7 Å². The second-order valence-electron chi connectivity index (χ2n) is 5.68. The van der Waals surface area contributed by atoms with E-state index in [0.29, 0.717) is 6.42 Å². The minimum absolute atomic E-state index is 0.0411. The summed E-state index contributed by atoms with van der Waals surface area (Å²) in [4.78, 5) is 24.3. The zero-order chi connectivity index (χ0) is 16.9. The Kier molecular flexibility index (Phi) is 4.75. The molecule has 1 aliphatic heterocycles. The van der Waals surface area contributed by atoms with Crippen LogP contribution in [0.5, 0.6) is 0 Å². The van der Waals surface area contributed by atoms with Gasteiger partial charge in [0.2, 0.25) is 5.76 Å². The Morgan fingerprint density at radius 2 is 1.67 bits per heavy atom. The third kappa shape index (κ3) is 3.38. The van der Waals surface area contributed by atoms with Crippen LogP contribution in [0.1, 0.15) is 17.0 Å². The molecule has 2 aromatic carbocycles. The van der Waals surface area contributed by atoms with Crippen LogP contribution in [0.25, 0.3) is 0 Å². The molecular formula is C20H18O4. The fraction of sp³-hybridized carbons (Fsp3) is 0.200. The van der Waals surface area contributed by atoms with E-state index in [1.807, 2.05) is 60.7 Å². The van der Waals surface area contributed by atoms with E-state index in [0.717, 1.165) is 11.1 Å². The average molecular weight is 322 g/mol. The molecular weight excluding hydrogens is 304 g/mol. The first-order valence-electron chi connectivity index (χ1n) is 7.79. The van der Waals surface area contributed by atoms with E-state index in [1.165, 1.54) is 7.11 Å². The molecule has 0 saturated heterocycles. The van der Waals surface area contributed by atoms with E-state index >= 15 is 0 Å². The lowest BCUT2D eigenvalue weighted by molar-refractivity contribution is -0.154. The summed E-state index contributed by atoms with van der Waals surface area (Å²) in [6.45, 7) is 0. The van der Waals surface area contributed by atoms with Crippen LogP contribution in [0.15, 0.2) is 72.5 Å². The zero-order valence-electron chi connectivity index (χ0n) is 13.3. The number of allylic oxidation sites excluding steroid dienone is 1. The van der Waals surface area contributed by atoms with E-state index in [1.54, 1.807) is 6.08 Å². The predicted molar refractivity (Wildman–Crippen MR) is 89.0 cm³/mol. The van der Waals surface area contributed by atoms with Crippen LogP contribution in [0, 0.1) is 5.92 Å². The quantitative estimate of drug-likeness (QED) is 0.811. The van der Waals surface area contributed by atoms with Crippen LogP contribution < -0.4 is 0 Å². The SMILES string of the molecule is COC(=O)C1=C[C@H](c2ccccc2)[C@@H](Cc2ccccc2)C(=O)O1. The van der Waals surface area contributed by atoms with Crippen molar-refractivity contribution in [1.82, 2.24) is 0 Å². The van der Waals surface area contributed by atoms with Gasteiger partial charge in [0.15, 0.2) is 0 Å². The Morgan fingerprint density at radius 1 is 1.04 bits per heavy atom. The number of ether oxygens (including phenoxy) is 2. The summed E-state index contributed by atoms with van der Waals surface area (Å²) in [7, 11) is 1.27. The monoisotopic (exact) mass is 322 g/mol. The zero-order valence-corrected chi connectivity index (χ0v) is 13.3. The Balaban J connectivity index is 1.97. The van der Waals surface area contributed by atoms with Gasteiger partial charge in [0.05, 0.1) is 13.0 Å². The number of benzene rings is 2.